The fraction of sp³-hybridized carbons (Fsp3) is 0.290. The van der Waals surface area contributed by atoms with Crippen LogP contribution in [-0.4, -0.2) is 28.3 Å². The molecule has 0 amide bonds. The summed E-state index contributed by atoms with van der Waals surface area (Å²) in [6.45, 7) is 11.1. The SMILES string of the molecule is CCOc1cc(C)c(-c2nc3c(Nc4ccc(-c5ocnc5C)c(OC)c4)cccc3n2C)cc1C(C)C. The van der Waals surface area contributed by atoms with E-state index in [9.17, 15) is 0 Å². The minimum atomic E-state index is 0.335. The van der Waals surface area contributed by atoms with Gasteiger partial charge in [0.1, 0.15) is 22.8 Å². The molecule has 2 aromatic heterocycles. The molecule has 0 spiro atoms. The number of anilines is 2. The minimum absolute atomic E-state index is 0.335. The van der Waals surface area contributed by atoms with Crippen molar-refractivity contribution in [3.63, 3.8) is 0 Å². The Morgan fingerprint density at radius 2 is 1.84 bits per heavy atom. The van der Waals surface area contributed by atoms with Crippen molar-refractivity contribution in [3.05, 3.63) is 71.7 Å². The number of hydrogen-bond donors (Lipinski definition) is 1. The summed E-state index contributed by atoms with van der Waals surface area (Å²) in [5, 5.41) is 3.55. The molecule has 196 valence electrons. The summed E-state index contributed by atoms with van der Waals surface area (Å²) in [6.07, 6.45) is 1.45. The van der Waals surface area contributed by atoms with Crippen molar-refractivity contribution >= 4 is 22.4 Å². The van der Waals surface area contributed by atoms with Gasteiger partial charge in [0.2, 0.25) is 0 Å². The highest BCUT2D eigenvalue weighted by atomic mass is 16.5. The largest absolute Gasteiger partial charge is 0.496 e. The van der Waals surface area contributed by atoms with Gasteiger partial charge in [-0.3, -0.25) is 0 Å². The number of hydrogen-bond acceptors (Lipinski definition) is 6. The molecular weight excluding hydrogens is 476 g/mol. The average Bonchev–Trinajstić information content (AvgIpc) is 3.47. The van der Waals surface area contributed by atoms with Crippen molar-refractivity contribution in [1.82, 2.24) is 14.5 Å². The standard InChI is InChI=1S/C31H34N4O3/c1-8-37-28-14-19(4)24(16-23(28)18(2)3)31-34-29-25(10-9-11-26(29)35(31)6)33-21-12-13-22(27(15-21)36-7)30-20(5)32-17-38-30/h9-18,33H,8H2,1-7H3. The van der Waals surface area contributed by atoms with E-state index in [0.29, 0.717) is 24.0 Å². The molecule has 5 rings (SSSR count). The zero-order valence-corrected chi connectivity index (χ0v) is 23.0. The van der Waals surface area contributed by atoms with Crippen molar-refractivity contribution in [1.29, 1.82) is 0 Å². The number of rotatable bonds is 8. The van der Waals surface area contributed by atoms with Gasteiger partial charge < -0.3 is 23.8 Å². The summed E-state index contributed by atoms with van der Waals surface area (Å²) in [4.78, 5) is 9.34. The zero-order chi connectivity index (χ0) is 27.0. The van der Waals surface area contributed by atoms with E-state index in [1.807, 2.05) is 44.2 Å². The van der Waals surface area contributed by atoms with Gasteiger partial charge in [-0.25, -0.2) is 9.97 Å². The third-order valence-corrected chi connectivity index (χ3v) is 6.90. The van der Waals surface area contributed by atoms with Gasteiger partial charge in [0, 0.05) is 24.4 Å². The molecule has 38 heavy (non-hydrogen) atoms. The second-order valence-electron chi connectivity index (χ2n) is 9.77. The Labute approximate surface area is 223 Å². The zero-order valence-electron chi connectivity index (χ0n) is 23.0. The molecule has 0 saturated heterocycles. The topological polar surface area (TPSA) is 74.3 Å². The smallest absolute Gasteiger partial charge is 0.181 e. The van der Waals surface area contributed by atoms with E-state index in [2.05, 4.69) is 60.9 Å². The van der Waals surface area contributed by atoms with Crippen molar-refractivity contribution < 1.29 is 13.9 Å². The van der Waals surface area contributed by atoms with Gasteiger partial charge in [-0.2, -0.15) is 0 Å². The van der Waals surface area contributed by atoms with Gasteiger partial charge in [-0.1, -0.05) is 19.9 Å². The Bertz CT molecular complexity index is 1610. The normalized spacial score (nSPS) is 11.4. The van der Waals surface area contributed by atoms with E-state index in [-0.39, 0.29) is 0 Å². The molecule has 3 aromatic carbocycles. The first kappa shape index (κ1) is 25.4. The molecule has 7 nitrogen and oxygen atoms in total. The predicted molar refractivity (Wildman–Crippen MR) is 153 cm³/mol. The summed E-state index contributed by atoms with van der Waals surface area (Å²) in [6, 6.07) is 16.5. The first-order chi connectivity index (χ1) is 18.3. The Hall–Kier alpha value is -4.26. The van der Waals surface area contributed by atoms with Crippen LogP contribution in [0.1, 0.15) is 43.5 Å². The van der Waals surface area contributed by atoms with E-state index < -0.39 is 0 Å². The number of methoxy groups -OCH3 is 1. The van der Waals surface area contributed by atoms with E-state index >= 15 is 0 Å². The number of fused-ring (bicyclic) bond motifs is 1. The van der Waals surface area contributed by atoms with Crippen molar-refractivity contribution in [2.45, 2.75) is 40.5 Å². The third kappa shape index (κ3) is 4.49. The Kier molecular flexibility index (Phi) is 6.85. The van der Waals surface area contributed by atoms with Gasteiger partial charge >= 0.3 is 0 Å². The summed E-state index contributed by atoms with van der Waals surface area (Å²) in [5.41, 5.74) is 8.86. The second-order valence-corrected chi connectivity index (χ2v) is 9.77. The first-order valence-corrected chi connectivity index (χ1v) is 12.9. The highest BCUT2D eigenvalue weighted by molar-refractivity contribution is 5.93. The molecule has 0 radical (unpaired) electrons. The molecule has 7 heteroatoms. The van der Waals surface area contributed by atoms with Crippen LogP contribution in [0.3, 0.4) is 0 Å². The molecule has 1 N–H and O–H groups in total. The third-order valence-electron chi connectivity index (χ3n) is 6.90. The van der Waals surface area contributed by atoms with Gasteiger partial charge in [0.25, 0.3) is 0 Å². The number of aromatic nitrogens is 3. The number of oxazole rings is 1. The predicted octanol–water partition coefficient (Wildman–Crippen LogP) is 7.79. The van der Waals surface area contributed by atoms with Crippen LogP contribution in [0, 0.1) is 13.8 Å². The van der Waals surface area contributed by atoms with Crippen LogP contribution >= 0.6 is 0 Å². The van der Waals surface area contributed by atoms with Crippen molar-refractivity contribution in [3.8, 4) is 34.2 Å². The number of ether oxygens (including phenoxy) is 2. The second kappa shape index (κ2) is 10.2. The number of para-hydroxylation sites is 1. The Morgan fingerprint density at radius 3 is 2.53 bits per heavy atom. The average molecular weight is 511 g/mol. The van der Waals surface area contributed by atoms with Crippen LogP contribution in [0.25, 0.3) is 33.7 Å². The Morgan fingerprint density at radius 1 is 1.03 bits per heavy atom. The van der Waals surface area contributed by atoms with Gasteiger partial charge in [-0.15, -0.1) is 0 Å². The fourth-order valence-corrected chi connectivity index (χ4v) is 4.90. The van der Waals surface area contributed by atoms with Crippen molar-refractivity contribution in [2.75, 3.05) is 19.0 Å². The molecule has 0 aliphatic heterocycles. The molecule has 0 aliphatic carbocycles. The lowest BCUT2D eigenvalue weighted by molar-refractivity contribution is 0.335. The molecule has 0 fully saturated rings. The lowest BCUT2D eigenvalue weighted by atomic mass is 9.96. The molecule has 2 heterocycles. The van der Waals surface area contributed by atoms with E-state index in [0.717, 1.165) is 56.4 Å². The summed E-state index contributed by atoms with van der Waals surface area (Å²) in [5.74, 6) is 3.61. The van der Waals surface area contributed by atoms with Crippen LogP contribution in [0.5, 0.6) is 11.5 Å². The van der Waals surface area contributed by atoms with Crippen LogP contribution in [0.2, 0.25) is 0 Å². The Balaban J connectivity index is 1.56. The molecule has 0 aliphatic rings. The molecule has 0 saturated carbocycles. The van der Waals surface area contributed by atoms with Crippen LogP contribution in [-0.2, 0) is 7.05 Å². The maximum atomic E-state index is 5.95. The molecule has 5 aromatic rings. The molecule has 0 unspecified atom stereocenters. The summed E-state index contributed by atoms with van der Waals surface area (Å²) >= 11 is 0. The quantitative estimate of drug-likeness (QED) is 0.230. The van der Waals surface area contributed by atoms with Gasteiger partial charge in [0.15, 0.2) is 12.2 Å². The van der Waals surface area contributed by atoms with E-state index in [1.54, 1.807) is 7.11 Å². The summed E-state index contributed by atoms with van der Waals surface area (Å²) in [7, 11) is 3.72. The molecular formula is C31H34N4O3. The van der Waals surface area contributed by atoms with E-state index in [4.69, 9.17) is 18.9 Å². The van der Waals surface area contributed by atoms with Crippen LogP contribution in [0.15, 0.2) is 59.3 Å². The van der Waals surface area contributed by atoms with Gasteiger partial charge in [-0.05, 0) is 74.2 Å². The molecule has 0 bridgehead atoms. The van der Waals surface area contributed by atoms with Crippen LogP contribution in [0.4, 0.5) is 11.4 Å². The summed E-state index contributed by atoms with van der Waals surface area (Å²) < 4.78 is 19.4. The number of aryl methyl sites for hydroxylation is 3. The number of imidazole rings is 1. The van der Waals surface area contributed by atoms with Gasteiger partial charge in [0.05, 0.1) is 36.2 Å². The lowest BCUT2D eigenvalue weighted by Gasteiger charge is -2.17. The lowest BCUT2D eigenvalue weighted by Crippen LogP contribution is -2.02. The van der Waals surface area contributed by atoms with E-state index in [1.165, 1.54) is 12.0 Å². The maximum absolute atomic E-state index is 5.95. The number of benzene rings is 3. The highest BCUT2D eigenvalue weighted by Crippen LogP contribution is 2.38. The first-order valence-electron chi connectivity index (χ1n) is 12.9. The number of nitrogens with one attached hydrogen (secondary N) is 1. The van der Waals surface area contributed by atoms with Crippen LogP contribution < -0.4 is 14.8 Å². The monoisotopic (exact) mass is 510 g/mol. The molecule has 0 atom stereocenters. The minimum Gasteiger partial charge on any atom is -0.496 e. The van der Waals surface area contributed by atoms with Crippen molar-refractivity contribution in [2.24, 2.45) is 7.05 Å². The highest BCUT2D eigenvalue weighted by Gasteiger charge is 2.19. The number of nitrogens with zero attached hydrogens (tertiary/aromatic N) is 3. The fourth-order valence-electron chi connectivity index (χ4n) is 4.90. The maximum Gasteiger partial charge on any atom is 0.181 e.